The van der Waals surface area contributed by atoms with E-state index in [2.05, 4.69) is 10.4 Å². The molecule has 96 valence electrons. The highest BCUT2D eigenvalue weighted by Gasteiger charge is 2.18. The van der Waals surface area contributed by atoms with Crippen molar-refractivity contribution in [3.63, 3.8) is 0 Å². The normalized spacial score (nSPS) is 11.9. The molecule has 0 radical (unpaired) electrons. The number of hydrazine groups is 1. The zero-order chi connectivity index (χ0) is 13.5. The van der Waals surface area contributed by atoms with Gasteiger partial charge >= 0.3 is 0 Å². The van der Waals surface area contributed by atoms with Gasteiger partial charge in [-0.25, -0.2) is 4.39 Å². The quantitative estimate of drug-likeness (QED) is 0.613. The fourth-order valence-corrected chi connectivity index (χ4v) is 1.89. The van der Waals surface area contributed by atoms with E-state index in [1.165, 1.54) is 12.1 Å². The molecular weight excluding hydrogens is 253 g/mol. The van der Waals surface area contributed by atoms with E-state index in [1.54, 1.807) is 0 Å². The van der Waals surface area contributed by atoms with E-state index in [-0.39, 0.29) is 10.4 Å². The number of fused-ring (bicyclic) bond motifs is 1. The number of benzene rings is 1. The second-order valence-corrected chi connectivity index (χ2v) is 5.64. The van der Waals surface area contributed by atoms with Crippen LogP contribution >= 0.6 is 11.6 Å². The van der Waals surface area contributed by atoms with Gasteiger partial charge in [-0.1, -0.05) is 32.4 Å². The summed E-state index contributed by atoms with van der Waals surface area (Å²) in [4.78, 5) is 4.46. The van der Waals surface area contributed by atoms with Crippen LogP contribution in [0.2, 0.25) is 5.02 Å². The maximum atomic E-state index is 13.5. The van der Waals surface area contributed by atoms with Gasteiger partial charge in [-0.3, -0.25) is 10.8 Å². The molecule has 0 saturated heterocycles. The van der Waals surface area contributed by atoms with Gasteiger partial charge in [-0.15, -0.1) is 0 Å². The highest BCUT2D eigenvalue weighted by Crippen LogP contribution is 2.31. The lowest BCUT2D eigenvalue weighted by Gasteiger charge is -2.20. The van der Waals surface area contributed by atoms with Crippen molar-refractivity contribution in [3.8, 4) is 0 Å². The van der Waals surface area contributed by atoms with Crippen LogP contribution in [0.4, 0.5) is 10.1 Å². The Labute approximate surface area is 110 Å². The van der Waals surface area contributed by atoms with Crippen LogP contribution in [0.5, 0.6) is 0 Å². The number of nitrogens with two attached hydrogens (primary N) is 1. The number of nitrogen functional groups attached to an aromatic ring is 1. The molecule has 3 nitrogen and oxygen atoms in total. The van der Waals surface area contributed by atoms with Gasteiger partial charge in [-0.05, 0) is 12.1 Å². The van der Waals surface area contributed by atoms with Crippen LogP contribution < -0.4 is 11.3 Å². The number of halogens is 2. The van der Waals surface area contributed by atoms with Crippen LogP contribution in [0.1, 0.15) is 26.5 Å². The largest absolute Gasteiger partial charge is 0.323 e. The molecule has 0 aliphatic carbocycles. The highest BCUT2D eigenvalue weighted by atomic mass is 35.5. The number of rotatable bonds is 1. The number of nitrogens with zero attached hydrogens (tertiary/aromatic N) is 1. The van der Waals surface area contributed by atoms with Crippen LogP contribution in [-0.4, -0.2) is 4.98 Å². The fraction of sp³-hybridized carbons (Fsp3) is 0.308. The van der Waals surface area contributed by atoms with Crippen molar-refractivity contribution in [2.45, 2.75) is 26.2 Å². The summed E-state index contributed by atoms with van der Waals surface area (Å²) in [6.07, 6.45) is 0. The molecule has 1 aromatic heterocycles. The summed E-state index contributed by atoms with van der Waals surface area (Å²) in [5.74, 6) is 5.02. The summed E-state index contributed by atoms with van der Waals surface area (Å²) in [5, 5.41) is 0.765. The molecule has 0 unspecified atom stereocenters. The Hall–Kier alpha value is -1.39. The minimum atomic E-state index is -0.481. The second-order valence-electron chi connectivity index (χ2n) is 5.23. The Morgan fingerprint density at radius 1 is 1.28 bits per heavy atom. The first kappa shape index (κ1) is 13.1. The predicted molar refractivity (Wildman–Crippen MR) is 73.2 cm³/mol. The van der Waals surface area contributed by atoms with Crippen molar-refractivity contribution in [1.29, 1.82) is 0 Å². The van der Waals surface area contributed by atoms with Crippen molar-refractivity contribution in [1.82, 2.24) is 4.98 Å². The Kier molecular flexibility index (Phi) is 3.17. The van der Waals surface area contributed by atoms with Gasteiger partial charge in [0.1, 0.15) is 5.82 Å². The average molecular weight is 268 g/mol. The minimum absolute atomic E-state index is 0.0595. The van der Waals surface area contributed by atoms with E-state index in [9.17, 15) is 4.39 Å². The third-order valence-electron chi connectivity index (χ3n) is 2.77. The lowest BCUT2D eigenvalue weighted by atomic mass is 9.91. The van der Waals surface area contributed by atoms with Crippen LogP contribution in [0.15, 0.2) is 18.2 Å². The first-order valence-electron chi connectivity index (χ1n) is 5.60. The van der Waals surface area contributed by atoms with E-state index in [4.69, 9.17) is 17.4 Å². The Bertz CT molecular complexity index is 605. The third kappa shape index (κ3) is 2.26. The molecule has 1 aromatic carbocycles. The molecule has 0 fully saturated rings. The Balaban J connectivity index is 2.80. The van der Waals surface area contributed by atoms with Gasteiger partial charge < -0.3 is 5.43 Å². The SMILES string of the molecule is CC(C)(C)c1cc(NN)c2cc(Cl)c(F)cc2n1. The fourth-order valence-electron chi connectivity index (χ4n) is 1.72. The van der Waals surface area contributed by atoms with Crippen molar-refractivity contribution in [2.24, 2.45) is 5.84 Å². The van der Waals surface area contributed by atoms with Gasteiger partial charge in [0.25, 0.3) is 0 Å². The van der Waals surface area contributed by atoms with Crippen LogP contribution in [0.25, 0.3) is 10.9 Å². The van der Waals surface area contributed by atoms with Crippen molar-refractivity contribution in [2.75, 3.05) is 5.43 Å². The molecule has 0 saturated carbocycles. The van der Waals surface area contributed by atoms with Crippen LogP contribution in [0.3, 0.4) is 0 Å². The monoisotopic (exact) mass is 267 g/mol. The van der Waals surface area contributed by atoms with E-state index >= 15 is 0 Å². The van der Waals surface area contributed by atoms with E-state index in [0.717, 1.165) is 5.69 Å². The summed E-state index contributed by atoms with van der Waals surface area (Å²) in [5.41, 5.74) is 4.53. The standard InChI is InChI=1S/C13H15ClFN3/c1-13(2,3)12-6-11(18-16)7-4-8(14)9(15)5-10(7)17-12/h4-6H,16H2,1-3H3,(H,17,18). The van der Waals surface area contributed by atoms with E-state index < -0.39 is 5.82 Å². The molecule has 0 atom stereocenters. The summed E-state index contributed by atoms with van der Waals surface area (Å²) >= 11 is 5.77. The molecule has 0 spiro atoms. The molecular formula is C13H15ClFN3. The third-order valence-corrected chi connectivity index (χ3v) is 3.06. The molecule has 0 aliphatic heterocycles. The van der Waals surface area contributed by atoms with Gasteiger partial charge in [0, 0.05) is 22.6 Å². The highest BCUT2D eigenvalue weighted by molar-refractivity contribution is 6.31. The molecule has 18 heavy (non-hydrogen) atoms. The predicted octanol–water partition coefficient (Wildman–Crippen LogP) is 3.61. The summed E-state index contributed by atoms with van der Waals surface area (Å²) in [7, 11) is 0. The summed E-state index contributed by atoms with van der Waals surface area (Å²) in [6, 6.07) is 4.71. The maximum Gasteiger partial charge on any atom is 0.143 e. The maximum absolute atomic E-state index is 13.5. The molecule has 3 N–H and O–H groups in total. The Morgan fingerprint density at radius 2 is 1.94 bits per heavy atom. The average Bonchev–Trinajstić information content (AvgIpc) is 2.28. The van der Waals surface area contributed by atoms with Crippen LogP contribution in [-0.2, 0) is 5.41 Å². The molecule has 1 heterocycles. The molecule has 0 aliphatic rings. The lowest BCUT2D eigenvalue weighted by Crippen LogP contribution is -2.16. The zero-order valence-electron chi connectivity index (χ0n) is 10.5. The number of hydrogen-bond donors (Lipinski definition) is 2. The van der Waals surface area contributed by atoms with E-state index in [1.807, 2.05) is 26.8 Å². The first-order valence-corrected chi connectivity index (χ1v) is 5.97. The smallest absolute Gasteiger partial charge is 0.143 e. The number of hydrogen-bond acceptors (Lipinski definition) is 3. The Morgan fingerprint density at radius 3 is 2.50 bits per heavy atom. The number of nitrogens with one attached hydrogen (secondary N) is 1. The lowest BCUT2D eigenvalue weighted by molar-refractivity contribution is 0.571. The first-order chi connectivity index (χ1) is 8.32. The van der Waals surface area contributed by atoms with Gasteiger partial charge in [0.15, 0.2) is 0 Å². The summed E-state index contributed by atoms with van der Waals surface area (Å²) < 4.78 is 13.5. The number of pyridine rings is 1. The van der Waals surface area contributed by atoms with Gasteiger partial charge in [0.05, 0.1) is 16.2 Å². The zero-order valence-corrected chi connectivity index (χ0v) is 11.3. The molecule has 0 amide bonds. The van der Waals surface area contributed by atoms with Gasteiger partial charge in [0.2, 0.25) is 0 Å². The van der Waals surface area contributed by atoms with Crippen molar-refractivity contribution in [3.05, 3.63) is 34.7 Å². The van der Waals surface area contributed by atoms with Crippen molar-refractivity contribution < 1.29 is 4.39 Å². The summed E-state index contributed by atoms with van der Waals surface area (Å²) in [6.45, 7) is 6.11. The molecule has 5 heteroatoms. The van der Waals surface area contributed by atoms with Crippen molar-refractivity contribution >= 4 is 28.2 Å². The topological polar surface area (TPSA) is 50.9 Å². The number of anilines is 1. The molecule has 2 aromatic rings. The molecule has 0 bridgehead atoms. The molecule has 2 rings (SSSR count). The van der Waals surface area contributed by atoms with Gasteiger partial charge in [-0.2, -0.15) is 0 Å². The number of aromatic nitrogens is 1. The van der Waals surface area contributed by atoms with E-state index in [0.29, 0.717) is 16.6 Å². The second kappa shape index (κ2) is 4.37. The van der Waals surface area contributed by atoms with Crippen LogP contribution in [0, 0.1) is 5.82 Å². The minimum Gasteiger partial charge on any atom is -0.323 e.